The van der Waals surface area contributed by atoms with Gasteiger partial charge in [0.1, 0.15) is 0 Å². The molecular formula is C16H18N. The Labute approximate surface area is 104 Å². The first kappa shape index (κ1) is 11.8. The average Bonchev–Trinajstić information content (AvgIpc) is 2.41. The number of hydrogen-bond donors (Lipinski definition) is 0. The third-order valence-electron chi connectivity index (χ3n) is 2.91. The van der Waals surface area contributed by atoms with Crippen molar-refractivity contribution < 1.29 is 0 Å². The minimum atomic E-state index is 1.04. The average molecular weight is 224 g/mol. The van der Waals surface area contributed by atoms with E-state index in [1.165, 1.54) is 24.8 Å². The molecule has 17 heavy (non-hydrogen) atoms. The van der Waals surface area contributed by atoms with Gasteiger partial charge in [0.25, 0.3) is 0 Å². The van der Waals surface area contributed by atoms with Gasteiger partial charge in [0.15, 0.2) is 0 Å². The first-order valence-electron chi connectivity index (χ1n) is 6.31. The summed E-state index contributed by atoms with van der Waals surface area (Å²) in [6.45, 7) is 2.23. The quantitative estimate of drug-likeness (QED) is 0.691. The van der Waals surface area contributed by atoms with Crippen LogP contribution in [-0.2, 0) is 6.42 Å². The molecule has 0 aliphatic rings. The van der Waals surface area contributed by atoms with E-state index in [1.54, 1.807) is 0 Å². The van der Waals surface area contributed by atoms with Gasteiger partial charge < -0.3 is 0 Å². The molecular weight excluding hydrogens is 206 g/mol. The Balaban J connectivity index is 2.03. The predicted molar refractivity (Wildman–Crippen MR) is 71.7 cm³/mol. The molecule has 0 saturated heterocycles. The normalized spacial score (nSPS) is 10.4. The van der Waals surface area contributed by atoms with Gasteiger partial charge in [0, 0.05) is 11.8 Å². The molecule has 1 radical (unpaired) electrons. The van der Waals surface area contributed by atoms with Crippen LogP contribution >= 0.6 is 0 Å². The molecule has 0 fully saturated rings. The lowest BCUT2D eigenvalue weighted by Crippen LogP contribution is -1.89. The first-order chi connectivity index (χ1) is 8.40. The van der Waals surface area contributed by atoms with E-state index in [4.69, 9.17) is 0 Å². The molecule has 0 aliphatic heterocycles. The van der Waals surface area contributed by atoms with Gasteiger partial charge in [-0.2, -0.15) is 0 Å². The zero-order valence-electron chi connectivity index (χ0n) is 10.3. The Kier molecular flexibility index (Phi) is 4.31. The van der Waals surface area contributed by atoms with Crippen molar-refractivity contribution in [3.8, 4) is 11.3 Å². The minimum absolute atomic E-state index is 1.04. The van der Waals surface area contributed by atoms with Crippen molar-refractivity contribution in [1.82, 2.24) is 4.98 Å². The molecule has 0 atom stereocenters. The molecule has 0 saturated carbocycles. The Morgan fingerprint density at radius 2 is 1.88 bits per heavy atom. The summed E-state index contributed by atoms with van der Waals surface area (Å²) >= 11 is 0. The molecule has 0 bridgehead atoms. The van der Waals surface area contributed by atoms with Crippen LogP contribution in [0.25, 0.3) is 11.3 Å². The molecule has 1 heterocycles. The van der Waals surface area contributed by atoms with E-state index in [2.05, 4.69) is 30.1 Å². The van der Waals surface area contributed by atoms with Crippen LogP contribution in [0.4, 0.5) is 0 Å². The summed E-state index contributed by atoms with van der Waals surface area (Å²) in [7, 11) is 0. The Morgan fingerprint density at radius 1 is 1.06 bits per heavy atom. The number of unbranched alkanes of at least 4 members (excludes halogenated alkanes) is 2. The number of pyridine rings is 1. The molecule has 87 valence electrons. The number of benzene rings is 1. The van der Waals surface area contributed by atoms with Crippen molar-refractivity contribution in [3.05, 3.63) is 54.2 Å². The van der Waals surface area contributed by atoms with Gasteiger partial charge in [0.2, 0.25) is 0 Å². The Morgan fingerprint density at radius 3 is 2.53 bits per heavy atom. The number of aromatic nitrogens is 1. The Hall–Kier alpha value is -1.63. The lowest BCUT2D eigenvalue weighted by molar-refractivity contribution is 0.716. The van der Waals surface area contributed by atoms with Crippen LogP contribution in [0.5, 0.6) is 0 Å². The topological polar surface area (TPSA) is 12.9 Å². The minimum Gasteiger partial charge on any atom is -0.256 e. The van der Waals surface area contributed by atoms with E-state index in [-0.39, 0.29) is 0 Å². The SMILES string of the molecule is CCCCCc1ccc(-c2cc[c]cc2)nc1. The lowest BCUT2D eigenvalue weighted by Gasteiger charge is -2.03. The van der Waals surface area contributed by atoms with Crippen LogP contribution in [0.3, 0.4) is 0 Å². The fourth-order valence-electron chi connectivity index (χ4n) is 1.88. The van der Waals surface area contributed by atoms with Crippen molar-refractivity contribution in [2.45, 2.75) is 32.6 Å². The van der Waals surface area contributed by atoms with E-state index < -0.39 is 0 Å². The molecule has 0 amide bonds. The van der Waals surface area contributed by atoms with Crippen LogP contribution in [0.15, 0.2) is 42.6 Å². The van der Waals surface area contributed by atoms with E-state index in [9.17, 15) is 0 Å². The lowest BCUT2D eigenvalue weighted by atomic mass is 10.1. The first-order valence-corrected chi connectivity index (χ1v) is 6.31. The van der Waals surface area contributed by atoms with Crippen LogP contribution in [0.1, 0.15) is 31.7 Å². The zero-order valence-corrected chi connectivity index (χ0v) is 10.3. The van der Waals surface area contributed by atoms with E-state index in [0.717, 1.165) is 17.7 Å². The van der Waals surface area contributed by atoms with Gasteiger partial charge in [-0.15, -0.1) is 0 Å². The molecule has 0 N–H and O–H groups in total. The summed E-state index contributed by atoms with van der Waals surface area (Å²) in [4.78, 5) is 4.51. The summed E-state index contributed by atoms with van der Waals surface area (Å²) in [5.74, 6) is 0. The maximum atomic E-state index is 4.51. The molecule has 2 rings (SSSR count). The van der Waals surface area contributed by atoms with Crippen molar-refractivity contribution in [2.24, 2.45) is 0 Å². The highest BCUT2D eigenvalue weighted by atomic mass is 14.7. The third-order valence-corrected chi connectivity index (χ3v) is 2.91. The fourth-order valence-corrected chi connectivity index (χ4v) is 1.88. The molecule has 0 aliphatic carbocycles. The highest BCUT2D eigenvalue weighted by molar-refractivity contribution is 5.58. The molecule has 1 aromatic heterocycles. The van der Waals surface area contributed by atoms with Gasteiger partial charge >= 0.3 is 0 Å². The maximum absolute atomic E-state index is 4.51. The highest BCUT2D eigenvalue weighted by Crippen LogP contribution is 2.16. The molecule has 2 aromatic rings. The van der Waals surface area contributed by atoms with Gasteiger partial charge in [-0.3, -0.25) is 4.98 Å². The largest absolute Gasteiger partial charge is 0.256 e. The van der Waals surface area contributed by atoms with E-state index >= 15 is 0 Å². The van der Waals surface area contributed by atoms with Crippen molar-refractivity contribution in [1.29, 1.82) is 0 Å². The summed E-state index contributed by atoms with van der Waals surface area (Å²) in [6.07, 6.45) is 6.98. The summed E-state index contributed by atoms with van der Waals surface area (Å²) < 4.78 is 0. The zero-order chi connectivity index (χ0) is 11.9. The van der Waals surface area contributed by atoms with Crippen molar-refractivity contribution in [2.75, 3.05) is 0 Å². The summed E-state index contributed by atoms with van der Waals surface area (Å²) in [6, 6.07) is 15.2. The fraction of sp³-hybridized carbons (Fsp3) is 0.312. The maximum Gasteiger partial charge on any atom is 0.0702 e. The van der Waals surface area contributed by atoms with Gasteiger partial charge in [-0.25, -0.2) is 0 Å². The predicted octanol–water partition coefficient (Wildman–Crippen LogP) is 4.28. The van der Waals surface area contributed by atoms with Crippen LogP contribution < -0.4 is 0 Å². The van der Waals surface area contributed by atoms with Crippen LogP contribution in [-0.4, -0.2) is 4.98 Å². The van der Waals surface area contributed by atoms with Crippen LogP contribution in [0, 0.1) is 6.07 Å². The molecule has 1 aromatic carbocycles. The number of rotatable bonds is 5. The third kappa shape index (κ3) is 3.42. The second kappa shape index (κ2) is 6.19. The van der Waals surface area contributed by atoms with Gasteiger partial charge in [-0.05, 0) is 30.5 Å². The number of nitrogens with zero attached hydrogens (tertiary/aromatic N) is 1. The Bertz CT molecular complexity index is 431. The molecule has 0 unspecified atom stereocenters. The van der Waals surface area contributed by atoms with Crippen molar-refractivity contribution >= 4 is 0 Å². The monoisotopic (exact) mass is 224 g/mol. The van der Waals surface area contributed by atoms with Gasteiger partial charge in [-0.1, -0.05) is 50.1 Å². The van der Waals surface area contributed by atoms with E-state index in [1.807, 2.05) is 30.5 Å². The van der Waals surface area contributed by atoms with Crippen molar-refractivity contribution in [3.63, 3.8) is 0 Å². The number of hydrogen-bond acceptors (Lipinski definition) is 1. The van der Waals surface area contributed by atoms with Gasteiger partial charge in [0.05, 0.1) is 5.69 Å². The smallest absolute Gasteiger partial charge is 0.0702 e. The molecule has 1 heteroatoms. The second-order valence-corrected chi connectivity index (χ2v) is 4.30. The summed E-state index contributed by atoms with van der Waals surface area (Å²) in [5, 5.41) is 0. The number of aryl methyl sites for hydroxylation is 1. The standard InChI is InChI=1S/C16H18N/c1-2-3-5-8-14-11-12-16(17-13-14)15-9-6-4-7-10-15/h6-7,9-13H,2-3,5,8H2,1H3. The van der Waals surface area contributed by atoms with Crippen LogP contribution in [0.2, 0.25) is 0 Å². The molecule has 1 nitrogen and oxygen atoms in total. The molecule has 0 spiro atoms. The second-order valence-electron chi connectivity index (χ2n) is 4.30. The summed E-state index contributed by atoms with van der Waals surface area (Å²) in [5.41, 5.74) is 3.53. The highest BCUT2D eigenvalue weighted by Gasteiger charge is 1.98. The van der Waals surface area contributed by atoms with E-state index in [0.29, 0.717) is 0 Å².